The quantitative estimate of drug-likeness (QED) is 0.580. The Balaban J connectivity index is 2.14. The highest BCUT2D eigenvalue weighted by atomic mass is 19.3. The molecule has 1 saturated carbocycles. The summed E-state index contributed by atoms with van der Waals surface area (Å²) < 4.78 is 30.7. The fourth-order valence-corrected chi connectivity index (χ4v) is 2.31. The van der Waals surface area contributed by atoms with Gasteiger partial charge in [0, 0.05) is 13.0 Å². The Morgan fingerprint density at radius 1 is 1.62 bits per heavy atom. The van der Waals surface area contributed by atoms with Gasteiger partial charge in [0.2, 0.25) is 0 Å². The van der Waals surface area contributed by atoms with Crippen molar-refractivity contribution in [3.63, 3.8) is 0 Å². The van der Waals surface area contributed by atoms with E-state index in [1.54, 1.807) is 0 Å². The van der Waals surface area contributed by atoms with Crippen molar-refractivity contribution in [3.05, 3.63) is 0 Å². The maximum Gasteiger partial charge on any atom is 0.409 e. The summed E-state index contributed by atoms with van der Waals surface area (Å²) >= 11 is 0. The zero-order chi connectivity index (χ0) is 9.64. The lowest BCUT2D eigenvalue weighted by atomic mass is 10.1. The number of carbonyl (C=O) groups is 1. The predicted molar refractivity (Wildman–Crippen MR) is 40.6 cm³/mol. The van der Waals surface area contributed by atoms with Crippen LogP contribution in [0.15, 0.2) is 0 Å². The van der Waals surface area contributed by atoms with Crippen molar-refractivity contribution in [2.24, 2.45) is 5.92 Å². The molecule has 2 unspecified atom stereocenters. The van der Waals surface area contributed by atoms with E-state index in [0.717, 1.165) is 4.90 Å². The summed E-state index contributed by atoms with van der Waals surface area (Å²) in [5.74, 6) is -2.75. The van der Waals surface area contributed by atoms with Crippen LogP contribution in [0.2, 0.25) is 0 Å². The van der Waals surface area contributed by atoms with Gasteiger partial charge in [0.05, 0.1) is 13.2 Å². The third kappa shape index (κ3) is 1.17. The van der Waals surface area contributed by atoms with Gasteiger partial charge >= 0.3 is 6.09 Å². The molecule has 2 atom stereocenters. The van der Waals surface area contributed by atoms with E-state index in [1.807, 2.05) is 0 Å². The van der Waals surface area contributed by atoms with Gasteiger partial charge in [0.15, 0.2) is 0 Å². The summed E-state index contributed by atoms with van der Waals surface area (Å²) in [6, 6.07) is -0.926. The van der Waals surface area contributed by atoms with Crippen LogP contribution in [0.5, 0.6) is 0 Å². The van der Waals surface area contributed by atoms with Crippen LogP contribution >= 0.6 is 0 Å². The van der Waals surface area contributed by atoms with Crippen LogP contribution in [0, 0.1) is 5.92 Å². The number of rotatable bonds is 0. The Bertz CT molecular complexity index is 244. The van der Waals surface area contributed by atoms with Gasteiger partial charge in [-0.1, -0.05) is 0 Å². The number of hydrogen-bond donors (Lipinski definition) is 0. The van der Waals surface area contributed by atoms with E-state index in [0.29, 0.717) is 13.0 Å². The van der Waals surface area contributed by atoms with Gasteiger partial charge in [0.1, 0.15) is 0 Å². The standard InChI is InChI=1S/C8H11F2NO2/c1-13-7(12)11-4-5-2-6(11)8(9,10)3-5/h5-6H,2-4H2,1H3. The molecule has 74 valence electrons. The topological polar surface area (TPSA) is 29.5 Å². The molecule has 0 aromatic heterocycles. The van der Waals surface area contributed by atoms with Crippen LogP contribution in [0.1, 0.15) is 12.8 Å². The lowest BCUT2D eigenvalue weighted by molar-refractivity contribution is -0.0710. The van der Waals surface area contributed by atoms with Crippen LogP contribution in [0.4, 0.5) is 13.6 Å². The Hall–Kier alpha value is -0.870. The number of halogens is 2. The van der Waals surface area contributed by atoms with Crippen LogP contribution in [0.25, 0.3) is 0 Å². The summed E-state index contributed by atoms with van der Waals surface area (Å²) in [7, 11) is 1.21. The molecular weight excluding hydrogens is 180 g/mol. The zero-order valence-corrected chi connectivity index (χ0v) is 7.30. The molecule has 1 aliphatic heterocycles. The molecule has 5 heteroatoms. The van der Waals surface area contributed by atoms with Crippen molar-refractivity contribution in [1.29, 1.82) is 0 Å². The number of hydrogen-bond acceptors (Lipinski definition) is 2. The number of likely N-dealkylation sites (tertiary alicyclic amines) is 1. The Morgan fingerprint density at radius 2 is 2.31 bits per heavy atom. The van der Waals surface area contributed by atoms with Gasteiger partial charge in [-0.25, -0.2) is 13.6 Å². The van der Waals surface area contributed by atoms with Crippen LogP contribution < -0.4 is 0 Å². The third-order valence-corrected chi connectivity index (χ3v) is 2.85. The fourth-order valence-electron chi connectivity index (χ4n) is 2.31. The number of nitrogens with zero attached hydrogens (tertiary/aromatic N) is 1. The minimum absolute atomic E-state index is 0.0425. The van der Waals surface area contributed by atoms with Gasteiger partial charge in [0.25, 0.3) is 5.92 Å². The van der Waals surface area contributed by atoms with Crippen molar-refractivity contribution in [2.45, 2.75) is 24.8 Å². The second kappa shape index (κ2) is 2.56. The van der Waals surface area contributed by atoms with Crippen molar-refractivity contribution in [3.8, 4) is 0 Å². The first-order chi connectivity index (χ1) is 6.04. The summed E-state index contributed by atoms with van der Waals surface area (Å²) in [4.78, 5) is 12.2. The first-order valence-corrected chi connectivity index (χ1v) is 4.27. The smallest absolute Gasteiger partial charge is 0.409 e. The highest BCUT2D eigenvalue weighted by molar-refractivity contribution is 5.68. The molecule has 0 radical (unpaired) electrons. The second-order valence-corrected chi connectivity index (χ2v) is 3.71. The minimum atomic E-state index is -2.71. The number of methoxy groups -OCH3 is 1. The summed E-state index contributed by atoms with van der Waals surface area (Å²) in [5, 5.41) is 0. The van der Waals surface area contributed by atoms with Gasteiger partial charge < -0.3 is 4.74 Å². The first kappa shape index (κ1) is 8.72. The first-order valence-electron chi connectivity index (χ1n) is 4.27. The van der Waals surface area contributed by atoms with Crippen LogP contribution in [-0.2, 0) is 4.74 Å². The molecule has 1 saturated heterocycles. The molecule has 2 bridgehead atoms. The molecule has 3 nitrogen and oxygen atoms in total. The molecule has 0 spiro atoms. The zero-order valence-electron chi connectivity index (χ0n) is 7.30. The maximum atomic E-state index is 13.1. The van der Waals surface area contributed by atoms with E-state index >= 15 is 0 Å². The largest absolute Gasteiger partial charge is 0.453 e. The van der Waals surface area contributed by atoms with Crippen molar-refractivity contribution >= 4 is 6.09 Å². The number of fused-ring (bicyclic) bond motifs is 2. The molecule has 2 aliphatic rings. The van der Waals surface area contributed by atoms with Crippen molar-refractivity contribution in [2.75, 3.05) is 13.7 Å². The molecule has 1 aliphatic carbocycles. The molecule has 1 heterocycles. The molecule has 13 heavy (non-hydrogen) atoms. The van der Waals surface area contributed by atoms with Gasteiger partial charge in [-0.15, -0.1) is 0 Å². The number of amides is 1. The Kier molecular flexibility index (Phi) is 1.72. The normalized spacial score (nSPS) is 35.2. The van der Waals surface area contributed by atoms with E-state index in [9.17, 15) is 13.6 Å². The second-order valence-electron chi connectivity index (χ2n) is 3.71. The number of alkyl halides is 2. The third-order valence-electron chi connectivity index (χ3n) is 2.85. The summed E-state index contributed by atoms with van der Waals surface area (Å²) in [6.07, 6.45) is -0.292. The van der Waals surface area contributed by atoms with E-state index in [4.69, 9.17) is 0 Å². The molecule has 1 amide bonds. The van der Waals surface area contributed by atoms with E-state index in [-0.39, 0.29) is 12.3 Å². The number of ether oxygens (including phenoxy) is 1. The summed E-state index contributed by atoms with van der Waals surface area (Å²) in [6.45, 7) is 0.424. The minimum Gasteiger partial charge on any atom is -0.453 e. The number of piperidine rings is 1. The van der Waals surface area contributed by atoms with Gasteiger partial charge in [-0.05, 0) is 12.3 Å². The maximum absolute atomic E-state index is 13.1. The molecule has 2 rings (SSSR count). The van der Waals surface area contributed by atoms with Gasteiger partial charge in [-0.3, -0.25) is 4.90 Å². The Morgan fingerprint density at radius 3 is 2.77 bits per heavy atom. The molecule has 0 aromatic carbocycles. The SMILES string of the molecule is COC(=O)N1CC2CC1C(F)(F)C2. The van der Waals surface area contributed by atoms with Crippen molar-refractivity contribution < 1.29 is 18.3 Å². The van der Waals surface area contributed by atoms with E-state index < -0.39 is 18.1 Å². The van der Waals surface area contributed by atoms with E-state index in [2.05, 4.69) is 4.74 Å². The average Bonchev–Trinajstić information content (AvgIpc) is 2.57. The summed E-state index contributed by atoms with van der Waals surface area (Å²) in [5.41, 5.74) is 0. The number of carbonyl (C=O) groups excluding carboxylic acids is 1. The monoisotopic (exact) mass is 191 g/mol. The molecular formula is C8H11F2NO2. The molecule has 0 N–H and O–H groups in total. The molecule has 2 fully saturated rings. The fraction of sp³-hybridized carbons (Fsp3) is 0.875. The molecule has 0 aromatic rings. The average molecular weight is 191 g/mol. The lowest BCUT2D eigenvalue weighted by Crippen LogP contribution is -2.48. The van der Waals surface area contributed by atoms with Gasteiger partial charge in [-0.2, -0.15) is 0 Å². The Labute approximate surface area is 74.6 Å². The predicted octanol–water partition coefficient (Wildman–Crippen LogP) is 1.48. The lowest BCUT2D eigenvalue weighted by Gasteiger charge is -2.31. The van der Waals surface area contributed by atoms with Crippen LogP contribution in [0.3, 0.4) is 0 Å². The van der Waals surface area contributed by atoms with Crippen LogP contribution in [-0.4, -0.2) is 36.6 Å². The van der Waals surface area contributed by atoms with Crippen molar-refractivity contribution in [1.82, 2.24) is 4.90 Å². The van der Waals surface area contributed by atoms with E-state index in [1.165, 1.54) is 7.11 Å². The highest BCUT2D eigenvalue weighted by Gasteiger charge is 2.58. The highest BCUT2D eigenvalue weighted by Crippen LogP contribution is 2.47.